The number of carbonyl (C=O) groups is 1. The second-order valence-corrected chi connectivity index (χ2v) is 8.87. The second kappa shape index (κ2) is 8.16. The highest BCUT2D eigenvalue weighted by molar-refractivity contribution is 9.09. The molecule has 0 spiro atoms. The minimum absolute atomic E-state index is 0.0518. The first-order valence-corrected chi connectivity index (χ1v) is 10.2. The van der Waals surface area contributed by atoms with Crippen molar-refractivity contribution in [2.75, 3.05) is 32.7 Å². The number of hydrazine groups is 1. The highest BCUT2D eigenvalue weighted by atomic mass is 79.9. The molecule has 0 aromatic rings. The van der Waals surface area contributed by atoms with Crippen molar-refractivity contribution < 1.29 is 9.18 Å². The molecule has 3 rings (SSSR count). The van der Waals surface area contributed by atoms with Gasteiger partial charge in [0.25, 0.3) is 5.91 Å². The molecule has 8 heteroatoms. The lowest BCUT2D eigenvalue weighted by atomic mass is 9.79. The fourth-order valence-corrected chi connectivity index (χ4v) is 5.50. The Morgan fingerprint density at radius 1 is 1.29 bits per heavy atom. The molecule has 0 aromatic carbocycles. The first-order chi connectivity index (χ1) is 11.5. The monoisotopic (exact) mass is 424 g/mol. The third kappa shape index (κ3) is 4.23. The number of piperazine rings is 1. The number of alkyl halides is 3. The van der Waals surface area contributed by atoms with Gasteiger partial charge in [-0.25, -0.2) is 9.82 Å². The summed E-state index contributed by atoms with van der Waals surface area (Å²) in [5.74, 6) is 0.907. The predicted octanol–water partition coefficient (Wildman–Crippen LogP) is 1.71. The molecule has 0 bridgehead atoms. The summed E-state index contributed by atoms with van der Waals surface area (Å²) in [6, 6.07) is -0.0523. The third-order valence-corrected chi connectivity index (χ3v) is 7.01. The van der Waals surface area contributed by atoms with Gasteiger partial charge in [0.05, 0.1) is 11.0 Å². The highest BCUT2D eigenvalue weighted by Gasteiger charge is 2.41. The lowest BCUT2D eigenvalue weighted by Gasteiger charge is -2.45. The Labute approximate surface area is 156 Å². The van der Waals surface area contributed by atoms with Gasteiger partial charge in [-0.1, -0.05) is 22.9 Å². The zero-order valence-corrected chi connectivity index (χ0v) is 16.4. The summed E-state index contributed by atoms with van der Waals surface area (Å²) in [4.78, 5) is 16.5. The number of hydrogen-bond acceptors (Lipinski definition) is 4. The largest absolute Gasteiger partial charge is 0.301 e. The van der Waals surface area contributed by atoms with Crippen molar-refractivity contribution in [2.45, 2.75) is 48.7 Å². The van der Waals surface area contributed by atoms with E-state index in [1.807, 2.05) is 0 Å². The zero-order chi connectivity index (χ0) is 17.3. The van der Waals surface area contributed by atoms with E-state index in [0.29, 0.717) is 18.3 Å². The third-order valence-electron chi connectivity index (χ3n) is 5.79. The van der Waals surface area contributed by atoms with Gasteiger partial charge in [-0.3, -0.25) is 15.1 Å². The Hall–Kier alpha value is 0.0500. The number of halogens is 3. The molecule has 0 aromatic heterocycles. The highest BCUT2D eigenvalue weighted by Crippen LogP contribution is 2.32. The summed E-state index contributed by atoms with van der Waals surface area (Å²) in [6.45, 7) is 7.00. The van der Waals surface area contributed by atoms with Crippen molar-refractivity contribution in [3.63, 3.8) is 0 Å². The molecule has 0 radical (unpaired) electrons. The van der Waals surface area contributed by atoms with Crippen LogP contribution in [-0.2, 0) is 4.79 Å². The molecular formula is C16H27BrClFN4O. The SMILES string of the molecule is CC1CC(F)CCC1CN1CCN(C2C(Br)NNC(=O)C2Cl)CC1. The number of carbonyl (C=O) groups excluding carboxylic acids is 1. The maximum absolute atomic E-state index is 13.5. The van der Waals surface area contributed by atoms with E-state index in [1.165, 1.54) is 0 Å². The van der Waals surface area contributed by atoms with Gasteiger partial charge in [0.1, 0.15) is 11.5 Å². The summed E-state index contributed by atoms with van der Waals surface area (Å²) in [7, 11) is 0. The van der Waals surface area contributed by atoms with Gasteiger partial charge in [0, 0.05) is 32.7 Å². The Kier molecular flexibility index (Phi) is 6.41. The van der Waals surface area contributed by atoms with E-state index in [9.17, 15) is 9.18 Å². The summed E-state index contributed by atoms with van der Waals surface area (Å²) >= 11 is 9.88. The molecule has 3 fully saturated rings. The van der Waals surface area contributed by atoms with Gasteiger partial charge in [-0.2, -0.15) is 0 Å². The molecule has 1 amide bonds. The molecular weight excluding hydrogens is 399 g/mol. The van der Waals surface area contributed by atoms with Gasteiger partial charge in [0.2, 0.25) is 0 Å². The van der Waals surface area contributed by atoms with Crippen molar-refractivity contribution in [3.05, 3.63) is 0 Å². The van der Waals surface area contributed by atoms with Crippen LogP contribution in [0.1, 0.15) is 26.2 Å². The van der Waals surface area contributed by atoms with Crippen LogP contribution in [0.15, 0.2) is 0 Å². The number of hydrogen-bond donors (Lipinski definition) is 2. The maximum Gasteiger partial charge on any atom is 0.253 e. The van der Waals surface area contributed by atoms with Gasteiger partial charge in [0.15, 0.2) is 0 Å². The van der Waals surface area contributed by atoms with Crippen molar-refractivity contribution in [2.24, 2.45) is 11.8 Å². The molecule has 6 atom stereocenters. The fourth-order valence-electron chi connectivity index (χ4n) is 4.21. The van der Waals surface area contributed by atoms with Crippen molar-refractivity contribution in [3.8, 4) is 0 Å². The van der Waals surface area contributed by atoms with Gasteiger partial charge >= 0.3 is 0 Å². The molecule has 2 N–H and O–H groups in total. The lowest BCUT2D eigenvalue weighted by molar-refractivity contribution is -0.125. The van der Waals surface area contributed by atoms with E-state index in [0.717, 1.165) is 45.6 Å². The van der Waals surface area contributed by atoms with Crippen LogP contribution in [0, 0.1) is 11.8 Å². The van der Waals surface area contributed by atoms with Crippen LogP contribution < -0.4 is 10.9 Å². The van der Waals surface area contributed by atoms with E-state index in [-0.39, 0.29) is 16.9 Å². The molecule has 1 aliphatic carbocycles. The van der Waals surface area contributed by atoms with Gasteiger partial charge in [-0.15, -0.1) is 11.6 Å². The molecule has 2 heterocycles. The molecule has 3 aliphatic rings. The van der Waals surface area contributed by atoms with Gasteiger partial charge < -0.3 is 4.90 Å². The van der Waals surface area contributed by atoms with Gasteiger partial charge in [-0.05, 0) is 31.1 Å². The number of nitrogens with zero attached hydrogens (tertiary/aromatic N) is 2. The van der Waals surface area contributed by atoms with E-state index < -0.39 is 11.5 Å². The van der Waals surface area contributed by atoms with Crippen molar-refractivity contribution in [1.82, 2.24) is 20.7 Å². The summed E-state index contributed by atoms with van der Waals surface area (Å²) in [5, 5.41) is -0.554. The molecule has 24 heavy (non-hydrogen) atoms. The normalized spacial score (nSPS) is 42.8. The Bertz CT molecular complexity index is 452. The van der Waals surface area contributed by atoms with Crippen molar-refractivity contribution >= 4 is 33.4 Å². The quantitative estimate of drug-likeness (QED) is 0.534. The van der Waals surface area contributed by atoms with E-state index in [4.69, 9.17) is 11.6 Å². The molecule has 2 aliphatic heterocycles. The minimum atomic E-state index is -0.602. The van der Waals surface area contributed by atoms with Crippen molar-refractivity contribution in [1.29, 1.82) is 0 Å². The van der Waals surface area contributed by atoms with E-state index >= 15 is 0 Å². The minimum Gasteiger partial charge on any atom is -0.301 e. The van der Waals surface area contributed by atoms with Crippen LogP contribution >= 0.6 is 27.5 Å². The number of rotatable bonds is 3. The smallest absolute Gasteiger partial charge is 0.253 e. The van der Waals surface area contributed by atoms with E-state index in [2.05, 4.69) is 43.5 Å². The average molecular weight is 426 g/mol. The molecule has 138 valence electrons. The zero-order valence-electron chi connectivity index (χ0n) is 14.1. The first kappa shape index (κ1) is 18.8. The standard InChI is InChI=1S/C16H27BrClFN4O/c1-10-8-12(19)3-2-11(10)9-22-4-6-23(7-5-22)14-13(18)16(24)21-20-15(14)17/h10-15,20H,2-9H2,1H3,(H,21,24). The lowest BCUT2D eigenvalue weighted by Crippen LogP contribution is -2.67. The predicted molar refractivity (Wildman–Crippen MR) is 96.8 cm³/mol. The van der Waals surface area contributed by atoms with E-state index in [1.54, 1.807) is 0 Å². The molecule has 1 saturated carbocycles. The van der Waals surface area contributed by atoms with Crippen LogP contribution in [0.2, 0.25) is 0 Å². The summed E-state index contributed by atoms with van der Waals surface area (Å²) < 4.78 is 13.5. The van der Waals surface area contributed by atoms with Crippen LogP contribution in [0.3, 0.4) is 0 Å². The molecule has 2 saturated heterocycles. The summed E-state index contributed by atoms with van der Waals surface area (Å²) in [6.07, 6.45) is 1.83. The number of amides is 1. The van der Waals surface area contributed by atoms with Crippen LogP contribution in [-0.4, -0.2) is 71.0 Å². The molecule has 5 nitrogen and oxygen atoms in total. The van der Waals surface area contributed by atoms with Crippen LogP contribution in [0.5, 0.6) is 0 Å². The Balaban J connectivity index is 1.49. The molecule has 6 unspecified atom stereocenters. The Morgan fingerprint density at radius 2 is 2.00 bits per heavy atom. The topological polar surface area (TPSA) is 47.6 Å². The number of nitrogens with one attached hydrogen (secondary N) is 2. The first-order valence-electron chi connectivity index (χ1n) is 8.89. The average Bonchev–Trinajstić information content (AvgIpc) is 2.55. The second-order valence-electron chi connectivity index (χ2n) is 7.41. The van der Waals surface area contributed by atoms with Crippen LogP contribution in [0.25, 0.3) is 0 Å². The maximum atomic E-state index is 13.5. The fraction of sp³-hybridized carbons (Fsp3) is 0.938. The Morgan fingerprint density at radius 3 is 2.67 bits per heavy atom. The van der Waals surface area contributed by atoms with Crippen LogP contribution in [0.4, 0.5) is 4.39 Å². The summed E-state index contributed by atoms with van der Waals surface area (Å²) in [5.41, 5.74) is 5.52.